The molecule has 0 aliphatic rings. The molecule has 0 aromatic rings. The van der Waals surface area contributed by atoms with Crippen molar-refractivity contribution >= 4 is 84.6 Å². The van der Waals surface area contributed by atoms with Crippen LogP contribution in [-0.2, 0) is 4.46 Å². The van der Waals surface area contributed by atoms with Crippen molar-refractivity contribution in [2.75, 3.05) is 0 Å². The number of hydrogen-bond donors (Lipinski definition) is 0. The van der Waals surface area contributed by atoms with Gasteiger partial charge in [-0.25, -0.2) is 0 Å². The van der Waals surface area contributed by atoms with Crippen molar-refractivity contribution in [1.29, 1.82) is 0 Å². The Labute approximate surface area is 118 Å². The van der Waals surface area contributed by atoms with E-state index in [1.54, 1.807) is 0 Å². The zero-order valence-electron chi connectivity index (χ0n) is 4.96. The van der Waals surface area contributed by atoms with Gasteiger partial charge in [-0.05, 0) is 0 Å². The van der Waals surface area contributed by atoms with Crippen molar-refractivity contribution in [3.63, 3.8) is 0 Å². The van der Waals surface area contributed by atoms with E-state index in [1.807, 2.05) is 0 Å². The Morgan fingerprint density at radius 2 is 1.00 bits per heavy atom. The van der Waals surface area contributed by atoms with Crippen LogP contribution in [0.1, 0.15) is 0 Å². The maximum Gasteiger partial charge on any atom is 2.00 e. The topological polar surface area (TPSA) is 156 Å². The first-order chi connectivity index (χ1) is 1.73. The molecule has 0 radical (unpaired) electrons. The van der Waals surface area contributed by atoms with E-state index in [9.17, 15) is 0 Å². The van der Waals surface area contributed by atoms with E-state index in [0.29, 0.717) is 0 Å². The largest absolute Gasteiger partial charge is 2.00 e. The Morgan fingerprint density at radius 3 is 1.00 bits per heavy atom. The second-order valence-corrected chi connectivity index (χ2v) is 0.750. The molecule has 10 heavy (non-hydrogen) atoms. The molecule has 0 aliphatic carbocycles. The van der Waals surface area contributed by atoms with Gasteiger partial charge in [0.2, 0.25) is 0 Å². The fourth-order valence-electron chi connectivity index (χ4n) is 0. The molecular formula is H5Ca2FO6Si. The maximum absolute atomic E-state index is 8.52. The molecule has 0 atom stereocenters. The minimum atomic E-state index is -3.63. The first-order valence-electron chi connectivity index (χ1n) is 0.612. The Hall–Kier alpha value is 1.95. The molecule has 0 saturated heterocycles. The van der Waals surface area contributed by atoms with Crippen LogP contribution in [0.15, 0.2) is 0 Å². The van der Waals surface area contributed by atoms with E-state index in [-0.39, 0.29) is 96.6 Å². The third-order valence-corrected chi connectivity index (χ3v) is 0. The van der Waals surface area contributed by atoms with Crippen LogP contribution in [0.5, 0.6) is 0 Å². The summed E-state index contributed by atoms with van der Waals surface area (Å²) in [6, 6.07) is 0. The molecule has 5 N–H and O–H groups in total. The summed E-state index contributed by atoms with van der Waals surface area (Å²) < 4.78 is 8.52. The molecule has 0 amide bonds. The molecule has 0 saturated carbocycles. The van der Waals surface area contributed by atoms with E-state index in [0.717, 1.165) is 0 Å². The van der Waals surface area contributed by atoms with Crippen LogP contribution in [0, 0.1) is 0 Å². The minimum absolute atomic E-state index is 0. The van der Waals surface area contributed by atoms with Gasteiger partial charge in [-0.15, -0.1) is 0 Å². The third kappa shape index (κ3) is 210. The van der Waals surface area contributed by atoms with E-state index >= 15 is 0 Å². The van der Waals surface area contributed by atoms with Crippen molar-refractivity contribution in [3.8, 4) is 0 Å². The molecule has 0 spiro atoms. The molecule has 0 heterocycles. The molecular weight excluding hydrogens is 223 g/mol. The van der Waals surface area contributed by atoms with Gasteiger partial charge in [0, 0.05) is 9.17 Å². The average Bonchev–Trinajstić information content (AvgIpc) is 0.811. The van der Waals surface area contributed by atoms with Crippen LogP contribution in [0.4, 0.5) is 0 Å². The van der Waals surface area contributed by atoms with Gasteiger partial charge < -0.3 is 35.2 Å². The normalized spacial score (nSPS) is 2.40. The maximum atomic E-state index is 8.52. The third-order valence-electron chi connectivity index (χ3n) is 0. The molecule has 0 rings (SSSR count). The molecule has 0 aromatic carbocycles. The SMILES string of the molecule is O.O.O=[Si]([O-])[O-].[Ca+2].[Ca+2].[F-].[OH-]. The van der Waals surface area contributed by atoms with E-state index < -0.39 is 9.17 Å². The summed E-state index contributed by atoms with van der Waals surface area (Å²) in [5, 5.41) is 0. The molecule has 0 bridgehead atoms. The molecule has 0 unspecified atom stereocenters. The fraction of sp³-hybridized carbons (Fsp3) is 0. The predicted molar refractivity (Wildman–Crippen MR) is 27.1 cm³/mol. The van der Waals surface area contributed by atoms with Crippen molar-refractivity contribution in [1.82, 2.24) is 0 Å². The number of rotatable bonds is 0. The summed E-state index contributed by atoms with van der Waals surface area (Å²) in [5.41, 5.74) is 0. The smallest absolute Gasteiger partial charge is 1.00 e. The Bertz CT molecular complexity index is 38.7. The minimum Gasteiger partial charge on any atom is -1.00 e. The van der Waals surface area contributed by atoms with Crippen molar-refractivity contribution in [2.24, 2.45) is 0 Å². The van der Waals surface area contributed by atoms with Crippen molar-refractivity contribution in [2.45, 2.75) is 0 Å². The van der Waals surface area contributed by atoms with Crippen molar-refractivity contribution in [3.05, 3.63) is 0 Å². The predicted octanol–water partition coefficient (Wildman–Crippen LogP) is -8.46. The van der Waals surface area contributed by atoms with E-state index in [1.165, 1.54) is 0 Å². The first-order valence-corrected chi connectivity index (χ1v) is 1.84. The molecule has 6 nitrogen and oxygen atoms in total. The summed E-state index contributed by atoms with van der Waals surface area (Å²) >= 11 is 0. The van der Waals surface area contributed by atoms with Crippen LogP contribution < -0.4 is 14.3 Å². The van der Waals surface area contributed by atoms with Gasteiger partial charge >= 0.3 is 75.5 Å². The summed E-state index contributed by atoms with van der Waals surface area (Å²) in [5.74, 6) is 0. The van der Waals surface area contributed by atoms with E-state index in [2.05, 4.69) is 0 Å². The molecule has 10 heteroatoms. The zero-order chi connectivity index (χ0) is 3.58. The fourth-order valence-corrected chi connectivity index (χ4v) is 0. The van der Waals surface area contributed by atoms with Gasteiger partial charge in [-0.1, -0.05) is 0 Å². The summed E-state index contributed by atoms with van der Waals surface area (Å²) in [4.78, 5) is 17.0. The number of halogens is 1. The Balaban J connectivity index is -0.00000000300. The second-order valence-electron chi connectivity index (χ2n) is 0.250. The van der Waals surface area contributed by atoms with Crippen LogP contribution in [-0.4, -0.2) is 101 Å². The standard InChI is InChI=1S/2Ca.FH.O3Si.3H2O/c;;;1-4(2)3;;;/h;;1H;;3*1H2/q2*+2;;-2;;;/p-2. The second kappa shape index (κ2) is 44.3. The van der Waals surface area contributed by atoms with Gasteiger partial charge in [0.1, 0.15) is 0 Å². The van der Waals surface area contributed by atoms with Crippen LogP contribution in [0.25, 0.3) is 0 Å². The Kier molecular flexibility index (Phi) is 259. The van der Waals surface area contributed by atoms with Gasteiger partial charge in [0.25, 0.3) is 0 Å². The summed E-state index contributed by atoms with van der Waals surface area (Å²) in [7, 11) is -3.63. The van der Waals surface area contributed by atoms with Gasteiger partial charge in [-0.3, -0.25) is 0 Å². The van der Waals surface area contributed by atoms with Gasteiger partial charge in [0.15, 0.2) is 0 Å². The molecule has 0 aromatic heterocycles. The molecule has 0 aliphatic heterocycles. The van der Waals surface area contributed by atoms with Crippen LogP contribution in [0.2, 0.25) is 0 Å². The van der Waals surface area contributed by atoms with Crippen LogP contribution >= 0.6 is 0 Å². The van der Waals surface area contributed by atoms with Crippen LogP contribution in [0.3, 0.4) is 0 Å². The first kappa shape index (κ1) is 58.5. The Morgan fingerprint density at radius 1 is 1.00 bits per heavy atom. The zero-order valence-corrected chi connectivity index (χ0v) is 10.4. The molecule has 56 valence electrons. The van der Waals surface area contributed by atoms with Gasteiger partial charge in [0.05, 0.1) is 0 Å². The van der Waals surface area contributed by atoms with Crippen molar-refractivity contribution < 1.29 is 35.2 Å². The monoisotopic (exact) mass is 228 g/mol. The quantitative estimate of drug-likeness (QED) is 0.377. The van der Waals surface area contributed by atoms with Gasteiger partial charge in [-0.2, -0.15) is 0 Å². The summed E-state index contributed by atoms with van der Waals surface area (Å²) in [6.45, 7) is 0. The molecule has 0 fully saturated rings. The average molecular weight is 228 g/mol. The summed E-state index contributed by atoms with van der Waals surface area (Å²) in [6.07, 6.45) is 0. The number of hydrogen-bond acceptors (Lipinski definition) is 4. The van der Waals surface area contributed by atoms with E-state index in [4.69, 9.17) is 14.1 Å².